The molecule has 12 heteroatoms. The zero-order valence-electron chi connectivity index (χ0n) is 26.6. The van der Waals surface area contributed by atoms with E-state index in [1.807, 2.05) is 29.6 Å². The molecule has 2 fully saturated rings. The van der Waals surface area contributed by atoms with Gasteiger partial charge < -0.3 is 25.2 Å². The first-order chi connectivity index (χ1) is 22.8. The van der Waals surface area contributed by atoms with Crippen molar-refractivity contribution in [3.63, 3.8) is 0 Å². The Labute approximate surface area is 275 Å². The normalized spacial score (nSPS) is 18.9. The van der Waals surface area contributed by atoms with Gasteiger partial charge in [0.1, 0.15) is 5.54 Å². The Hall–Kier alpha value is -4.97. The molecular formula is C36H36F3N5O4. The predicted molar refractivity (Wildman–Crippen MR) is 176 cm³/mol. The van der Waals surface area contributed by atoms with Gasteiger partial charge >= 0.3 is 12.1 Å². The summed E-state index contributed by atoms with van der Waals surface area (Å²) < 4.78 is 41.8. The minimum Gasteiger partial charge on any atom is -0.478 e. The SMILES string of the molecule is CN1CC[C@@](NC(=O)c2ccc3c(C4CCCC4)c(-c4ccc(C(F)(F)F)cn4)n(C)c3c2)(C(=O)Nc2ccc(/C=C/C(=O)O)cc2)C1. The molecule has 48 heavy (non-hydrogen) atoms. The number of anilines is 1. The fraction of sp³-hybridized carbons (Fsp3) is 0.333. The molecule has 1 aliphatic carbocycles. The molecule has 2 aromatic heterocycles. The maximum atomic E-state index is 13.9. The summed E-state index contributed by atoms with van der Waals surface area (Å²) in [7, 11) is 3.71. The molecule has 3 heterocycles. The summed E-state index contributed by atoms with van der Waals surface area (Å²) in [6.07, 6.45) is 3.28. The largest absolute Gasteiger partial charge is 0.478 e. The third kappa shape index (κ3) is 6.57. The van der Waals surface area contributed by atoms with Gasteiger partial charge in [0, 0.05) is 54.6 Å². The Morgan fingerprint density at radius 3 is 2.35 bits per heavy atom. The van der Waals surface area contributed by atoms with Crippen molar-refractivity contribution in [2.75, 3.05) is 25.5 Å². The van der Waals surface area contributed by atoms with Crippen LogP contribution in [0.3, 0.4) is 0 Å². The fourth-order valence-electron chi connectivity index (χ4n) is 6.98. The van der Waals surface area contributed by atoms with Crippen LogP contribution < -0.4 is 10.6 Å². The van der Waals surface area contributed by atoms with Crippen LogP contribution in [-0.4, -0.2) is 63.0 Å². The lowest BCUT2D eigenvalue weighted by Gasteiger charge is -2.29. The van der Waals surface area contributed by atoms with Crippen LogP contribution in [0.4, 0.5) is 18.9 Å². The Morgan fingerprint density at radius 1 is 1.02 bits per heavy atom. The first kappa shape index (κ1) is 33.0. The first-order valence-corrected chi connectivity index (χ1v) is 15.8. The van der Waals surface area contributed by atoms with E-state index >= 15 is 0 Å². The van der Waals surface area contributed by atoms with Crippen molar-refractivity contribution >= 4 is 40.4 Å². The molecule has 1 atom stereocenters. The summed E-state index contributed by atoms with van der Waals surface area (Å²) in [5, 5.41) is 15.7. The predicted octanol–water partition coefficient (Wildman–Crippen LogP) is 6.46. The van der Waals surface area contributed by atoms with E-state index in [4.69, 9.17) is 5.11 Å². The highest BCUT2D eigenvalue weighted by molar-refractivity contribution is 6.06. The van der Waals surface area contributed by atoms with Gasteiger partial charge in [-0.1, -0.05) is 31.0 Å². The van der Waals surface area contributed by atoms with Crippen LogP contribution in [0, 0.1) is 0 Å². The molecule has 1 saturated carbocycles. The van der Waals surface area contributed by atoms with Crippen LogP contribution in [0.2, 0.25) is 0 Å². The van der Waals surface area contributed by atoms with E-state index in [9.17, 15) is 27.6 Å². The number of carboxylic acid groups (broad SMARTS) is 1. The van der Waals surface area contributed by atoms with Crippen molar-refractivity contribution in [2.24, 2.45) is 7.05 Å². The molecule has 0 spiro atoms. The number of benzene rings is 2. The van der Waals surface area contributed by atoms with E-state index in [-0.39, 0.29) is 11.8 Å². The van der Waals surface area contributed by atoms with Crippen LogP contribution in [0.25, 0.3) is 28.4 Å². The number of carbonyl (C=O) groups excluding carboxylic acids is 2. The number of amides is 2. The number of rotatable bonds is 8. The highest BCUT2D eigenvalue weighted by Crippen LogP contribution is 2.44. The van der Waals surface area contributed by atoms with E-state index in [1.165, 1.54) is 12.1 Å². The van der Waals surface area contributed by atoms with Crippen molar-refractivity contribution in [3.8, 4) is 11.4 Å². The molecule has 1 saturated heterocycles. The van der Waals surface area contributed by atoms with Crippen molar-refractivity contribution in [1.82, 2.24) is 19.8 Å². The van der Waals surface area contributed by atoms with Crippen LogP contribution in [0.15, 0.2) is 66.9 Å². The number of aromatic nitrogens is 2. The van der Waals surface area contributed by atoms with Crippen molar-refractivity contribution in [2.45, 2.75) is 49.7 Å². The molecule has 0 radical (unpaired) electrons. The minimum absolute atomic E-state index is 0.218. The zero-order valence-corrected chi connectivity index (χ0v) is 26.6. The molecule has 9 nitrogen and oxygen atoms in total. The monoisotopic (exact) mass is 659 g/mol. The number of halogens is 3. The Kier molecular flexibility index (Phi) is 8.86. The van der Waals surface area contributed by atoms with Gasteiger partial charge in [0.05, 0.1) is 17.0 Å². The molecule has 4 aromatic rings. The van der Waals surface area contributed by atoms with Gasteiger partial charge in [-0.3, -0.25) is 14.6 Å². The summed E-state index contributed by atoms with van der Waals surface area (Å²) >= 11 is 0. The van der Waals surface area contributed by atoms with Gasteiger partial charge in [0.15, 0.2) is 0 Å². The summed E-state index contributed by atoms with van der Waals surface area (Å²) in [6, 6.07) is 14.5. The molecule has 3 N–H and O–H groups in total. The number of alkyl halides is 3. The number of likely N-dealkylation sites (tertiary alicyclic amines) is 1. The number of hydrogen-bond acceptors (Lipinski definition) is 5. The lowest BCUT2D eigenvalue weighted by atomic mass is 9.92. The maximum absolute atomic E-state index is 13.9. The highest BCUT2D eigenvalue weighted by atomic mass is 19.4. The average molecular weight is 660 g/mol. The molecule has 0 bridgehead atoms. The Bertz CT molecular complexity index is 1890. The summed E-state index contributed by atoms with van der Waals surface area (Å²) in [5.74, 6) is -1.63. The number of hydrogen-bond donors (Lipinski definition) is 3. The zero-order chi connectivity index (χ0) is 34.2. The van der Waals surface area contributed by atoms with Crippen molar-refractivity contribution in [1.29, 1.82) is 0 Å². The lowest BCUT2D eigenvalue weighted by molar-refractivity contribution is -0.138. The van der Waals surface area contributed by atoms with Crippen LogP contribution in [0.1, 0.15) is 65.1 Å². The molecule has 2 aromatic carbocycles. The third-order valence-corrected chi connectivity index (χ3v) is 9.43. The average Bonchev–Trinajstić information content (AvgIpc) is 3.79. The second-order valence-corrected chi connectivity index (χ2v) is 12.7. The van der Waals surface area contributed by atoms with Gasteiger partial charge in [-0.2, -0.15) is 13.2 Å². The molecule has 1 aliphatic heterocycles. The first-order valence-electron chi connectivity index (χ1n) is 15.8. The number of aliphatic carboxylic acids is 1. The maximum Gasteiger partial charge on any atom is 0.417 e. The van der Waals surface area contributed by atoms with E-state index in [0.717, 1.165) is 66.2 Å². The third-order valence-electron chi connectivity index (χ3n) is 9.43. The second kappa shape index (κ2) is 12.9. The number of likely N-dealkylation sites (N-methyl/N-ethyl adjacent to an activating group) is 1. The van der Waals surface area contributed by atoms with Gasteiger partial charge in [0.2, 0.25) is 0 Å². The molecule has 0 unspecified atom stereocenters. The van der Waals surface area contributed by atoms with Gasteiger partial charge in [-0.15, -0.1) is 0 Å². The molecule has 2 amide bonds. The molecule has 2 aliphatic rings. The van der Waals surface area contributed by atoms with Crippen LogP contribution in [-0.2, 0) is 22.8 Å². The fourth-order valence-corrected chi connectivity index (χ4v) is 6.98. The summed E-state index contributed by atoms with van der Waals surface area (Å²) in [6.45, 7) is 0.893. The van der Waals surface area contributed by atoms with Crippen LogP contribution >= 0.6 is 0 Å². The summed E-state index contributed by atoms with van der Waals surface area (Å²) in [5.41, 5.74) is 2.44. The number of carbonyl (C=O) groups is 3. The number of pyridine rings is 1. The van der Waals surface area contributed by atoms with Crippen molar-refractivity contribution in [3.05, 3.63) is 89.1 Å². The quantitative estimate of drug-likeness (QED) is 0.187. The number of carboxylic acids is 1. The smallest absolute Gasteiger partial charge is 0.417 e. The number of nitrogens with one attached hydrogen (secondary N) is 2. The number of aryl methyl sites for hydroxylation is 1. The molecular weight excluding hydrogens is 623 g/mol. The number of nitrogens with zero attached hydrogens (tertiary/aromatic N) is 3. The lowest BCUT2D eigenvalue weighted by Crippen LogP contribution is -2.58. The standard InChI is InChI=1S/C36H36F3N5O4/c1-43-18-17-35(21-43,34(48)41-26-12-7-22(8-13-26)9-16-30(45)46)42-33(47)24-10-14-27-29(19-24)44(2)32(31(27)23-5-3-4-6-23)28-15-11-25(20-40-28)36(37,38)39/h7-16,19-20,23H,3-6,17-18,21H2,1-2H3,(H,41,48)(H,42,47)(H,45,46)/b16-9+/t35-/m0/s1. The highest BCUT2D eigenvalue weighted by Gasteiger charge is 2.45. The van der Waals surface area contributed by atoms with Gasteiger partial charge in [-0.25, -0.2) is 4.79 Å². The molecule has 250 valence electrons. The Balaban J connectivity index is 1.30. The van der Waals surface area contributed by atoms with Crippen molar-refractivity contribution < 1.29 is 32.7 Å². The van der Waals surface area contributed by atoms with E-state index < -0.39 is 29.2 Å². The summed E-state index contributed by atoms with van der Waals surface area (Å²) in [4.78, 5) is 44.6. The molecule has 6 rings (SSSR count). The van der Waals surface area contributed by atoms with Crippen LogP contribution in [0.5, 0.6) is 0 Å². The topological polar surface area (TPSA) is 117 Å². The minimum atomic E-state index is -4.49. The van der Waals surface area contributed by atoms with E-state index in [1.54, 1.807) is 36.4 Å². The van der Waals surface area contributed by atoms with Gasteiger partial charge in [-0.05, 0) is 85.8 Å². The van der Waals surface area contributed by atoms with E-state index in [2.05, 4.69) is 15.6 Å². The number of fused-ring (bicyclic) bond motifs is 1. The second-order valence-electron chi connectivity index (χ2n) is 12.7. The Morgan fingerprint density at radius 2 is 1.75 bits per heavy atom. The van der Waals surface area contributed by atoms with E-state index in [0.29, 0.717) is 42.0 Å². The van der Waals surface area contributed by atoms with Gasteiger partial charge in [0.25, 0.3) is 11.8 Å².